The highest BCUT2D eigenvalue weighted by molar-refractivity contribution is 14.1. The number of nitrogens with zero attached hydrogens (tertiary/aromatic N) is 2. The Morgan fingerprint density at radius 1 is 1.21 bits per heavy atom. The van der Waals surface area contributed by atoms with Crippen LogP contribution in [-0.2, 0) is 0 Å². The van der Waals surface area contributed by atoms with Crippen LogP contribution in [0.5, 0.6) is 0 Å². The summed E-state index contributed by atoms with van der Waals surface area (Å²) in [5, 5.41) is 0.895. The third-order valence-electron chi connectivity index (χ3n) is 2.10. The van der Waals surface area contributed by atoms with Crippen molar-refractivity contribution in [1.29, 1.82) is 0 Å². The number of fused-ring (bicyclic) bond motifs is 1. The van der Waals surface area contributed by atoms with Gasteiger partial charge in [-0.3, -0.25) is 0 Å². The molecule has 0 bridgehead atoms. The zero-order chi connectivity index (χ0) is 10.3. The normalized spacial score (nSPS) is 10.7. The Morgan fingerprint density at radius 3 is 2.64 bits per heavy atom. The molecule has 5 heteroatoms. The van der Waals surface area contributed by atoms with E-state index in [2.05, 4.69) is 32.6 Å². The molecule has 0 radical (unpaired) electrons. The molecule has 0 fully saturated rings. The highest BCUT2D eigenvalue weighted by Gasteiger charge is 2.07. The predicted molar refractivity (Wildman–Crippen MR) is 65.8 cm³/mol. The molecule has 0 aliphatic carbocycles. The molecule has 1 heterocycles. The molecule has 0 spiro atoms. The lowest BCUT2D eigenvalue weighted by molar-refractivity contribution is 1.24. The Bertz CT molecular complexity index is 510. The van der Waals surface area contributed by atoms with Gasteiger partial charge in [0, 0.05) is 8.96 Å². The molecule has 4 N–H and O–H groups in total. The topological polar surface area (TPSA) is 77.8 Å². The third kappa shape index (κ3) is 1.37. The minimum Gasteiger partial charge on any atom is -0.383 e. The summed E-state index contributed by atoms with van der Waals surface area (Å²) in [5.41, 5.74) is 13.2. The molecule has 0 atom stereocenters. The van der Waals surface area contributed by atoms with Crippen molar-refractivity contribution in [3.05, 3.63) is 21.3 Å². The second kappa shape index (κ2) is 3.23. The lowest BCUT2D eigenvalue weighted by Crippen LogP contribution is -2.02. The quantitative estimate of drug-likeness (QED) is 0.726. The van der Waals surface area contributed by atoms with Crippen molar-refractivity contribution >= 4 is 45.3 Å². The molecule has 0 unspecified atom stereocenters. The standard InChI is InChI=1S/C9H9IN4/c1-4-5(10)2-3-6-7(4)8(11)14-9(12)13-6/h2-3H,1H3,(H4,11,12,13,14). The maximum atomic E-state index is 5.79. The number of benzene rings is 1. The molecule has 14 heavy (non-hydrogen) atoms. The average Bonchev–Trinajstić information content (AvgIpc) is 2.10. The summed E-state index contributed by atoms with van der Waals surface area (Å²) >= 11 is 2.26. The van der Waals surface area contributed by atoms with Gasteiger partial charge < -0.3 is 11.5 Å². The van der Waals surface area contributed by atoms with Crippen molar-refractivity contribution in [3.8, 4) is 0 Å². The first-order valence-corrected chi connectivity index (χ1v) is 5.15. The molecular weight excluding hydrogens is 291 g/mol. The molecule has 0 aliphatic heterocycles. The summed E-state index contributed by atoms with van der Waals surface area (Å²) in [6.45, 7) is 2.00. The average molecular weight is 300 g/mol. The van der Waals surface area contributed by atoms with Crippen LogP contribution >= 0.6 is 22.6 Å². The summed E-state index contributed by atoms with van der Waals surface area (Å²) in [4.78, 5) is 8.07. The molecule has 0 saturated carbocycles. The monoisotopic (exact) mass is 300 g/mol. The molecule has 2 rings (SSSR count). The van der Waals surface area contributed by atoms with Gasteiger partial charge in [-0.25, -0.2) is 4.98 Å². The smallest absolute Gasteiger partial charge is 0.222 e. The number of hydrogen-bond acceptors (Lipinski definition) is 4. The van der Waals surface area contributed by atoms with E-state index in [9.17, 15) is 0 Å². The molecular formula is C9H9IN4. The minimum atomic E-state index is 0.218. The van der Waals surface area contributed by atoms with Gasteiger partial charge in [0.2, 0.25) is 5.95 Å². The first-order valence-electron chi connectivity index (χ1n) is 4.07. The Morgan fingerprint density at radius 2 is 1.93 bits per heavy atom. The maximum Gasteiger partial charge on any atom is 0.222 e. The highest BCUT2D eigenvalue weighted by Crippen LogP contribution is 2.25. The SMILES string of the molecule is Cc1c(I)ccc2nc(N)nc(N)c12. The van der Waals surface area contributed by atoms with Gasteiger partial charge in [0.1, 0.15) is 5.82 Å². The van der Waals surface area contributed by atoms with Crippen LogP contribution in [-0.4, -0.2) is 9.97 Å². The van der Waals surface area contributed by atoms with Crippen LogP contribution in [0.15, 0.2) is 12.1 Å². The fourth-order valence-corrected chi connectivity index (χ4v) is 1.87. The van der Waals surface area contributed by atoms with Crippen molar-refractivity contribution in [2.45, 2.75) is 6.92 Å². The van der Waals surface area contributed by atoms with Crippen molar-refractivity contribution in [1.82, 2.24) is 9.97 Å². The second-order valence-corrected chi connectivity index (χ2v) is 4.20. The van der Waals surface area contributed by atoms with Gasteiger partial charge in [0.05, 0.1) is 5.52 Å². The molecule has 0 saturated heterocycles. The molecule has 4 nitrogen and oxygen atoms in total. The summed E-state index contributed by atoms with van der Waals surface area (Å²) < 4.78 is 1.15. The molecule has 0 aliphatic rings. The Kier molecular flexibility index (Phi) is 2.18. The molecule has 2 aromatic rings. The van der Waals surface area contributed by atoms with Crippen LogP contribution in [0.25, 0.3) is 10.9 Å². The Balaban J connectivity index is 2.95. The lowest BCUT2D eigenvalue weighted by Gasteiger charge is -2.06. The summed E-state index contributed by atoms with van der Waals surface area (Å²) in [6.07, 6.45) is 0. The number of hydrogen-bond donors (Lipinski definition) is 2. The van der Waals surface area contributed by atoms with Crippen molar-refractivity contribution in [2.75, 3.05) is 11.5 Å². The summed E-state index contributed by atoms with van der Waals surface area (Å²) in [5.74, 6) is 0.666. The van der Waals surface area contributed by atoms with Gasteiger partial charge in [-0.15, -0.1) is 0 Å². The molecule has 1 aromatic carbocycles. The van der Waals surface area contributed by atoms with E-state index < -0.39 is 0 Å². The van der Waals surface area contributed by atoms with E-state index in [-0.39, 0.29) is 5.95 Å². The van der Waals surface area contributed by atoms with Crippen LogP contribution < -0.4 is 11.5 Å². The Hall–Kier alpha value is -1.11. The number of nitrogen functional groups attached to an aromatic ring is 2. The van der Waals surface area contributed by atoms with Crippen molar-refractivity contribution < 1.29 is 0 Å². The van der Waals surface area contributed by atoms with Gasteiger partial charge in [0.15, 0.2) is 0 Å². The molecule has 72 valence electrons. The number of halogens is 1. The number of anilines is 2. The number of nitrogens with two attached hydrogens (primary N) is 2. The van der Waals surface area contributed by atoms with Crippen LogP contribution in [0.2, 0.25) is 0 Å². The van der Waals surface area contributed by atoms with Crippen LogP contribution in [0, 0.1) is 10.5 Å². The third-order valence-corrected chi connectivity index (χ3v) is 3.27. The first kappa shape index (κ1) is 9.45. The van der Waals surface area contributed by atoms with Crippen LogP contribution in [0.1, 0.15) is 5.56 Å². The van der Waals surface area contributed by atoms with Crippen LogP contribution in [0.3, 0.4) is 0 Å². The second-order valence-electron chi connectivity index (χ2n) is 3.03. The van der Waals surface area contributed by atoms with E-state index in [1.165, 1.54) is 0 Å². The minimum absolute atomic E-state index is 0.218. The lowest BCUT2D eigenvalue weighted by atomic mass is 10.1. The molecule has 0 amide bonds. The van der Waals surface area contributed by atoms with E-state index in [0.717, 1.165) is 20.0 Å². The van der Waals surface area contributed by atoms with E-state index in [0.29, 0.717) is 5.82 Å². The van der Waals surface area contributed by atoms with E-state index >= 15 is 0 Å². The molecule has 1 aromatic heterocycles. The summed E-state index contributed by atoms with van der Waals surface area (Å²) in [6, 6.07) is 3.89. The fourth-order valence-electron chi connectivity index (χ4n) is 1.42. The van der Waals surface area contributed by atoms with E-state index in [1.807, 2.05) is 19.1 Å². The van der Waals surface area contributed by atoms with E-state index in [1.54, 1.807) is 0 Å². The predicted octanol–water partition coefficient (Wildman–Crippen LogP) is 1.71. The van der Waals surface area contributed by atoms with Crippen LogP contribution in [0.4, 0.5) is 11.8 Å². The zero-order valence-corrected chi connectivity index (χ0v) is 9.74. The van der Waals surface area contributed by atoms with Crippen molar-refractivity contribution in [2.24, 2.45) is 0 Å². The van der Waals surface area contributed by atoms with Gasteiger partial charge in [-0.05, 0) is 47.2 Å². The summed E-state index contributed by atoms with van der Waals surface area (Å²) in [7, 11) is 0. The van der Waals surface area contributed by atoms with Crippen molar-refractivity contribution in [3.63, 3.8) is 0 Å². The maximum absolute atomic E-state index is 5.79. The van der Waals surface area contributed by atoms with Gasteiger partial charge in [-0.2, -0.15) is 4.98 Å². The van der Waals surface area contributed by atoms with Gasteiger partial charge in [0.25, 0.3) is 0 Å². The Labute approximate surface area is 94.9 Å². The van der Waals surface area contributed by atoms with Gasteiger partial charge >= 0.3 is 0 Å². The van der Waals surface area contributed by atoms with Gasteiger partial charge in [-0.1, -0.05) is 0 Å². The number of rotatable bonds is 0. The first-order chi connectivity index (χ1) is 6.59. The number of aryl methyl sites for hydroxylation is 1. The van der Waals surface area contributed by atoms with E-state index in [4.69, 9.17) is 11.5 Å². The zero-order valence-electron chi connectivity index (χ0n) is 7.58. The highest BCUT2D eigenvalue weighted by atomic mass is 127. The number of aromatic nitrogens is 2. The largest absolute Gasteiger partial charge is 0.383 e. The fraction of sp³-hybridized carbons (Fsp3) is 0.111.